The zero-order chi connectivity index (χ0) is 18.3. The van der Waals surface area contributed by atoms with Gasteiger partial charge in [-0.2, -0.15) is 0 Å². The largest absolute Gasteiger partial charge is 0.378 e. The van der Waals surface area contributed by atoms with Gasteiger partial charge in [-0.15, -0.1) is 10.2 Å². The summed E-state index contributed by atoms with van der Waals surface area (Å²) in [5.41, 5.74) is 2.96. The first kappa shape index (κ1) is 16.8. The maximum atomic E-state index is 12.7. The molecule has 4 rings (SSSR count). The maximum Gasteiger partial charge on any atom is 0.262 e. The minimum absolute atomic E-state index is 0.0361. The number of rotatable bonds is 4. The second kappa shape index (κ2) is 6.57. The third-order valence-electron chi connectivity index (χ3n) is 4.50. The van der Waals surface area contributed by atoms with Crippen LogP contribution < -0.4 is 10.9 Å². The predicted molar refractivity (Wildman–Crippen MR) is 107 cm³/mol. The Kier molecular flexibility index (Phi) is 4.24. The molecule has 0 radical (unpaired) electrons. The van der Waals surface area contributed by atoms with Crippen molar-refractivity contribution >= 4 is 38.3 Å². The first-order valence-electron chi connectivity index (χ1n) is 8.45. The molecule has 132 valence electrons. The zero-order valence-corrected chi connectivity index (χ0v) is 16.1. The zero-order valence-electron chi connectivity index (χ0n) is 14.5. The average molecular weight is 412 g/mol. The van der Waals surface area contributed by atoms with Crippen molar-refractivity contribution in [3.8, 4) is 0 Å². The van der Waals surface area contributed by atoms with Crippen LogP contribution in [-0.4, -0.2) is 19.2 Å². The molecule has 0 aliphatic carbocycles. The number of nitrogens with one attached hydrogen (secondary N) is 1. The van der Waals surface area contributed by atoms with E-state index < -0.39 is 0 Å². The fraction of sp³-hybridized carbons (Fsp3) is 0.211. The summed E-state index contributed by atoms with van der Waals surface area (Å²) in [7, 11) is 0. The number of nitrogens with zero attached hydrogens (tertiary/aromatic N) is 4. The Hall–Kier alpha value is -2.67. The van der Waals surface area contributed by atoms with E-state index in [0.717, 1.165) is 27.1 Å². The summed E-state index contributed by atoms with van der Waals surface area (Å²) in [6.07, 6.45) is 0. The molecule has 26 heavy (non-hydrogen) atoms. The standard InChI is InChI=1S/C19H18BrN5O/c1-3-24-18(26)14-6-4-5-7-16(14)25-17(22-23-19(24)25)11-21-13-8-9-15(20)12(2)10-13/h4-10,21H,3,11H2,1-2H3. The Balaban J connectivity index is 1.82. The van der Waals surface area contributed by atoms with Crippen LogP contribution in [0.2, 0.25) is 0 Å². The monoisotopic (exact) mass is 411 g/mol. The molecule has 0 fully saturated rings. The van der Waals surface area contributed by atoms with Crippen molar-refractivity contribution in [3.05, 3.63) is 68.7 Å². The molecule has 0 amide bonds. The van der Waals surface area contributed by atoms with E-state index >= 15 is 0 Å². The van der Waals surface area contributed by atoms with Gasteiger partial charge in [-0.3, -0.25) is 13.8 Å². The van der Waals surface area contributed by atoms with E-state index in [1.165, 1.54) is 0 Å². The van der Waals surface area contributed by atoms with Gasteiger partial charge in [-0.05, 0) is 49.7 Å². The van der Waals surface area contributed by atoms with E-state index in [2.05, 4.69) is 44.4 Å². The summed E-state index contributed by atoms with van der Waals surface area (Å²) in [6.45, 7) is 5.04. The summed E-state index contributed by atoms with van der Waals surface area (Å²) in [5, 5.41) is 12.7. The molecular weight excluding hydrogens is 394 g/mol. The molecule has 6 nitrogen and oxygen atoms in total. The van der Waals surface area contributed by atoms with Crippen LogP contribution >= 0.6 is 15.9 Å². The van der Waals surface area contributed by atoms with Crippen LogP contribution in [0.3, 0.4) is 0 Å². The number of fused-ring (bicyclic) bond motifs is 3. The van der Waals surface area contributed by atoms with Gasteiger partial charge in [0.25, 0.3) is 5.56 Å². The van der Waals surface area contributed by atoms with Crippen LogP contribution in [0, 0.1) is 6.92 Å². The third kappa shape index (κ3) is 2.68. The summed E-state index contributed by atoms with van der Waals surface area (Å²) in [6, 6.07) is 13.7. The number of halogens is 1. The van der Waals surface area contributed by atoms with Gasteiger partial charge >= 0.3 is 0 Å². The number of hydrogen-bond acceptors (Lipinski definition) is 4. The molecule has 0 saturated carbocycles. The number of hydrogen-bond donors (Lipinski definition) is 1. The molecule has 0 aliphatic heterocycles. The molecule has 2 heterocycles. The maximum absolute atomic E-state index is 12.7. The van der Waals surface area contributed by atoms with E-state index in [-0.39, 0.29) is 5.56 Å². The molecule has 0 spiro atoms. The van der Waals surface area contributed by atoms with Gasteiger partial charge in [0.15, 0.2) is 5.82 Å². The van der Waals surface area contributed by atoms with Gasteiger partial charge in [0, 0.05) is 16.7 Å². The van der Waals surface area contributed by atoms with E-state index in [9.17, 15) is 4.79 Å². The third-order valence-corrected chi connectivity index (χ3v) is 5.39. The lowest BCUT2D eigenvalue weighted by Crippen LogP contribution is -2.22. The molecule has 2 aromatic carbocycles. The minimum Gasteiger partial charge on any atom is -0.378 e. The number of anilines is 1. The Morgan fingerprint density at radius 2 is 1.96 bits per heavy atom. The van der Waals surface area contributed by atoms with Gasteiger partial charge in [-0.1, -0.05) is 28.1 Å². The van der Waals surface area contributed by atoms with Gasteiger partial charge in [0.1, 0.15) is 0 Å². The molecule has 1 N–H and O–H groups in total. The lowest BCUT2D eigenvalue weighted by molar-refractivity contribution is 0.734. The van der Waals surface area contributed by atoms with Crippen molar-refractivity contribution < 1.29 is 0 Å². The van der Waals surface area contributed by atoms with Crippen LogP contribution in [0.15, 0.2) is 51.7 Å². The van der Waals surface area contributed by atoms with Crippen LogP contribution in [-0.2, 0) is 13.1 Å². The van der Waals surface area contributed by atoms with Crippen molar-refractivity contribution in [1.29, 1.82) is 0 Å². The predicted octanol–water partition coefficient (Wildman–Crippen LogP) is 3.75. The highest BCUT2D eigenvalue weighted by atomic mass is 79.9. The van der Waals surface area contributed by atoms with Crippen LogP contribution in [0.5, 0.6) is 0 Å². The Morgan fingerprint density at radius 1 is 1.15 bits per heavy atom. The topological polar surface area (TPSA) is 64.2 Å². The fourth-order valence-electron chi connectivity index (χ4n) is 3.15. The fourth-order valence-corrected chi connectivity index (χ4v) is 3.40. The summed E-state index contributed by atoms with van der Waals surface area (Å²) < 4.78 is 4.69. The van der Waals surface area contributed by atoms with Crippen LogP contribution in [0.4, 0.5) is 5.69 Å². The van der Waals surface area contributed by atoms with Gasteiger partial charge in [0.05, 0.1) is 17.4 Å². The highest BCUT2D eigenvalue weighted by Gasteiger charge is 2.15. The van der Waals surface area contributed by atoms with Crippen LogP contribution in [0.1, 0.15) is 18.3 Å². The van der Waals surface area contributed by atoms with Crippen molar-refractivity contribution in [1.82, 2.24) is 19.2 Å². The van der Waals surface area contributed by atoms with Crippen molar-refractivity contribution in [2.75, 3.05) is 5.32 Å². The van der Waals surface area contributed by atoms with E-state index in [1.54, 1.807) is 4.57 Å². The first-order chi connectivity index (χ1) is 12.6. The van der Waals surface area contributed by atoms with Gasteiger partial charge in [-0.25, -0.2) is 0 Å². The smallest absolute Gasteiger partial charge is 0.262 e. The quantitative estimate of drug-likeness (QED) is 0.555. The number of aryl methyl sites for hydroxylation is 2. The normalized spacial score (nSPS) is 11.3. The lowest BCUT2D eigenvalue weighted by Gasteiger charge is -2.11. The van der Waals surface area contributed by atoms with E-state index in [4.69, 9.17) is 0 Å². The van der Waals surface area contributed by atoms with Gasteiger partial charge in [0.2, 0.25) is 5.78 Å². The van der Waals surface area contributed by atoms with E-state index in [1.807, 2.05) is 47.7 Å². The summed E-state index contributed by atoms with van der Waals surface area (Å²) >= 11 is 3.51. The van der Waals surface area contributed by atoms with Gasteiger partial charge < -0.3 is 5.32 Å². The molecule has 0 unspecified atom stereocenters. The molecule has 2 aromatic heterocycles. The van der Waals surface area contributed by atoms with Crippen molar-refractivity contribution in [3.63, 3.8) is 0 Å². The number of para-hydroxylation sites is 1. The molecule has 0 saturated heterocycles. The molecule has 7 heteroatoms. The molecule has 0 aliphatic rings. The molecule has 0 atom stereocenters. The number of benzene rings is 2. The summed E-state index contributed by atoms with van der Waals surface area (Å²) in [4.78, 5) is 12.7. The number of aromatic nitrogens is 4. The molecule has 0 bridgehead atoms. The Bertz CT molecular complexity index is 1180. The Morgan fingerprint density at radius 3 is 2.73 bits per heavy atom. The van der Waals surface area contributed by atoms with Crippen molar-refractivity contribution in [2.24, 2.45) is 0 Å². The first-order valence-corrected chi connectivity index (χ1v) is 9.25. The minimum atomic E-state index is -0.0361. The lowest BCUT2D eigenvalue weighted by atomic mass is 10.2. The summed E-state index contributed by atoms with van der Waals surface area (Å²) in [5.74, 6) is 1.33. The average Bonchev–Trinajstić information content (AvgIpc) is 3.07. The molecule has 4 aromatic rings. The second-order valence-electron chi connectivity index (χ2n) is 6.14. The highest BCUT2D eigenvalue weighted by Crippen LogP contribution is 2.21. The molecular formula is C19H18BrN5O. The van der Waals surface area contributed by atoms with E-state index in [0.29, 0.717) is 24.3 Å². The SMILES string of the molecule is CCn1c(=O)c2ccccc2n2c(CNc3ccc(Br)c(C)c3)nnc12. The van der Waals surface area contributed by atoms with Crippen molar-refractivity contribution in [2.45, 2.75) is 26.9 Å². The highest BCUT2D eigenvalue weighted by molar-refractivity contribution is 9.10. The second-order valence-corrected chi connectivity index (χ2v) is 6.99. The van der Waals surface area contributed by atoms with Crippen LogP contribution in [0.25, 0.3) is 16.7 Å². The Labute approximate surface area is 158 Å².